The number of carbonyl (C=O) groups is 2. The van der Waals surface area contributed by atoms with Gasteiger partial charge in [0.05, 0.1) is 0 Å². The van der Waals surface area contributed by atoms with Crippen molar-refractivity contribution < 1.29 is 18.7 Å². The third kappa shape index (κ3) is 5.22. The van der Waals surface area contributed by atoms with Crippen LogP contribution in [0, 0.1) is 5.82 Å². The van der Waals surface area contributed by atoms with Crippen molar-refractivity contribution in [2.75, 3.05) is 26.7 Å². The Morgan fingerprint density at radius 1 is 1.11 bits per heavy atom. The Morgan fingerprint density at radius 2 is 1.86 bits per heavy atom. The summed E-state index contributed by atoms with van der Waals surface area (Å²) >= 11 is 0. The van der Waals surface area contributed by atoms with Crippen LogP contribution in [-0.4, -0.2) is 48.4 Å². The number of rotatable bonds is 5. The maximum Gasteiger partial charge on any atom is 0.317 e. The summed E-state index contributed by atoms with van der Waals surface area (Å²) in [5.41, 5.74) is 1.43. The highest BCUT2D eigenvalue weighted by Gasteiger charge is 2.21. The predicted octanol–water partition coefficient (Wildman–Crippen LogP) is 2.78. The molecule has 1 saturated heterocycles. The van der Waals surface area contributed by atoms with Crippen molar-refractivity contribution in [2.24, 2.45) is 0 Å². The summed E-state index contributed by atoms with van der Waals surface area (Å²) in [6.07, 6.45) is 0.345. The summed E-state index contributed by atoms with van der Waals surface area (Å²) in [6, 6.07) is 13.6. The third-order valence-electron chi connectivity index (χ3n) is 4.73. The van der Waals surface area contributed by atoms with Crippen LogP contribution in [0.4, 0.5) is 9.18 Å². The summed E-state index contributed by atoms with van der Waals surface area (Å²) in [5.74, 6) is 0.400. The lowest BCUT2D eigenvalue weighted by atomic mass is 10.2. The molecule has 148 valence electrons. The number of likely N-dealkylation sites (N-methyl/N-ethyl adjacent to an activating group) is 1. The standard InChI is InChI=1S/C21H24FN3O3/c1-24-12-13-25(11-10-20(24)26)21(27)23-14-16-6-8-18(9-7-16)28-15-17-4-2-3-5-19(17)22/h2-9H,10-15H2,1H3,(H,23,27). The highest BCUT2D eigenvalue weighted by Crippen LogP contribution is 2.15. The van der Waals surface area contributed by atoms with Gasteiger partial charge in [-0.3, -0.25) is 4.79 Å². The minimum Gasteiger partial charge on any atom is -0.489 e. The van der Waals surface area contributed by atoms with E-state index in [2.05, 4.69) is 5.32 Å². The first-order chi connectivity index (χ1) is 13.5. The Bertz CT molecular complexity index is 826. The first-order valence-corrected chi connectivity index (χ1v) is 9.25. The first-order valence-electron chi connectivity index (χ1n) is 9.25. The minimum atomic E-state index is -0.289. The molecule has 0 radical (unpaired) electrons. The number of nitrogens with one attached hydrogen (secondary N) is 1. The van der Waals surface area contributed by atoms with Gasteiger partial charge in [-0.2, -0.15) is 0 Å². The number of amides is 3. The number of ether oxygens (including phenoxy) is 1. The van der Waals surface area contributed by atoms with Crippen molar-refractivity contribution in [3.8, 4) is 5.75 Å². The molecule has 0 saturated carbocycles. The highest BCUT2D eigenvalue weighted by atomic mass is 19.1. The van der Waals surface area contributed by atoms with E-state index in [4.69, 9.17) is 4.74 Å². The lowest BCUT2D eigenvalue weighted by Gasteiger charge is -2.20. The molecule has 0 aromatic heterocycles. The molecule has 2 aromatic carbocycles. The number of halogens is 1. The number of carbonyl (C=O) groups excluding carboxylic acids is 2. The fourth-order valence-electron chi connectivity index (χ4n) is 2.90. The van der Waals surface area contributed by atoms with Gasteiger partial charge < -0.3 is 19.9 Å². The Morgan fingerprint density at radius 3 is 2.61 bits per heavy atom. The van der Waals surface area contributed by atoms with Gasteiger partial charge in [0.1, 0.15) is 18.2 Å². The molecule has 0 unspecified atom stereocenters. The van der Waals surface area contributed by atoms with E-state index < -0.39 is 0 Å². The van der Waals surface area contributed by atoms with Gasteiger partial charge in [0.2, 0.25) is 5.91 Å². The number of hydrogen-bond acceptors (Lipinski definition) is 3. The van der Waals surface area contributed by atoms with Gasteiger partial charge in [0.15, 0.2) is 0 Å². The third-order valence-corrected chi connectivity index (χ3v) is 4.73. The summed E-state index contributed by atoms with van der Waals surface area (Å²) in [4.78, 5) is 27.3. The number of nitrogens with zero attached hydrogens (tertiary/aromatic N) is 2. The molecule has 6 nitrogen and oxygen atoms in total. The van der Waals surface area contributed by atoms with Crippen LogP contribution < -0.4 is 10.1 Å². The second kappa shape index (κ2) is 9.21. The van der Waals surface area contributed by atoms with Crippen LogP contribution in [0.15, 0.2) is 48.5 Å². The highest BCUT2D eigenvalue weighted by molar-refractivity contribution is 5.79. The molecule has 1 fully saturated rings. The molecule has 1 heterocycles. The second-order valence-corrected chi connectivity index (χ2v) is 6.74. The molecule has 0 atom stereocenters. The minimum absolute atomic E-state index is 0.0567. The van der Waals surface area contributed by atoms with Gasteiger partial charge in [0.25, 0.3) is 0 Å². The molecular formula is C21H24FN3O3. The van der Waals surface area contributed by atoms with Crippen molar-refractivity contribution in [1.82, 2.24) is 15.1 Å². The average Bonchev–Trinajstić information content (AvgIpc) is 2.88. The van der Waals surface area contributed by atoms with Gasteiger partial charge >= 0.3 is 6.03 Å². The maximum absolute atomic E-state index is 13.6. The van der Waals surface area contributed by atoms with Crippen molar-refractivity contribution in [3.05, 3.63) is 65.5 Å². The Hall–Kier alpha value is -3.09. The van der Waals surface area contributed by atoms with Crippen LogP contribution in [0.1, 0.15) is 17.5 Å². The Labute approximate surface area is 163 Å². The van der Waals surface area contributed by atoms with E-state index in [0.717, 1.165) is 5.56 Å². The molecule has 1 aliphatic rings. The summed E-state index contributed by atoms with van der Waals surface area (Å²) in [5, 5.41) is 2.88. The Kier molecular flexibility index (Phi) is 6.47. The molecular weight excluding hydrogens is 361 g/mol. The molecule has 28 heavy (non-hydrogen) atoms. The number of benzene rings is 2. The molecule has 3 rings (SSSR count). The monoisotopic (exact) mass is 385 g/mol. The van der Waals surface area contributed by atoms with Gasteiger partial charge in [-0.1, -0.05) is 30.3 Å². The number of urea groups is 1. The SMILES string of the molecule is CN1CCN(C(=O)NCc2ccc(OCc3ccccc3F)cc2)CCC1=O. The predicted molar refractivity (Wildman–Crippen MR) is 103 cm³/mol. The molecule has 2 aromatic rings. The maximum atomic E-state index is 13.6. The Balaban J connectivity index is 1.47. The van der Waals surface area contributed by atoms with E-state index >= 15 is 0 Å². The normalized spacial score (nSPS) is 14.6. The molecule has 0 aliphatic carbocycles. The van der Waals surface area contributed by atoms with E-state index in [9.17, 15) is 14.0 Å². The van der Waals surface area contributed by atoms with Crippen molar-refractivity contribution in [2.45, 2.75) is 19.6 Å². The lowest BCUT2D eigenvalue weighted by molar-refractivity contribution is -0.129. The van der Waals surface area contributed by atoms with Crippen LogP contribution in [0.25, 0.3) is 0 Å². The van der Waals surface area contributed by atoms with Crippen LogP contribution in [0.2, 0.25) is 0 Å². The van der Waals surface area contributed by atoms with E-state index in [1.807, 2.05) is 12.1 Å². The fourth-order valence-corrected chi connectivity index (χ4v) is 2.90. The van der Waals surface area contributed by atoms with E-state index in [0.29, 0.717) is 43.9 Å². The quantitative estimate of drug-likeness (QED) is 0.861. The topological polar surface area (TPSA) is 61.9 Å². The van der Waals surface area contributed by atoms with Gasteiger partial charge in [-0.25, -0.2) is 9.18 Å². The zero-order valence-electron chi connectivity index (χ0n) is 15.9. The zero-order chi connectivity index (χ0) is 19.9. The molecule has 1 N–H and O–H groups in total. The first kappa shape index (κ1) is 19.7. The summed E-state index contributed by atoms with van der Waals surface area (Å²) in [7, 11) is 1.75. The van der Waals surface area contributed by atoms with E-state index in [1.165, 1.54) is 6.07 Å². The molecule has 0 bridgehead atoms. The van der Waals surface area contributed by atoms with E-state index in [-0.39, 0.29) is 24.4 Å². The smallest absolute Gasteiger partial charge is 0.317 e. The lowest BCUT2D eigenvalue weighted by Crippen LogP contribution is -2.41. The van der Waals surface area contributed by atoms with Crippen LogP contribution in [0.5, 0.6) is 5.75 Å². The van der Waals surface area contributed by atoms with Gasteiger partial charge in [-0.15, -0.1) is 0 Å². The largest absolute Gasteiger partial charge is 0.489 e. The van der Waals surface area contributed by atoms with Crippen molar-refractivity contribution in [3.63, 3.8) is 0 Å². The average molecular weight is 385 g/mol. The van der Waals surface area contributed by atoms with Crippen LogP contribution in [-0.2, 0) is 17.9 Å². The summed E-state index contributed by atoms with van der Waals surface area (Å²) < 4.78 is 19.2. The zero-order valence-corrected chi connectivity index (χ0v) is 15.9. The van der Waals surface area contributed by atoms with Gasteiger partial charge in [0, 0.05) is 45.2 Å². The molecule has 3 amide bonds. The molecule has 7 heteroatoms. The number of hydrogen-bond donors (Lipinski definition) is 1. The van der Waals surface area contributed by atoms with Crippen molar-refractivity contribution >= 4 is 11.9 Å². The van der Waals surface area contributed by atoms with Crippen LogP contribution >= 0.6 is 0 Å². The molecule has 1 aliphatic heterocycles. The summed E-state index contributed by atoms with van der Waals surface area (Å²) in [6.45, 7) is 2.03. The van der Waals surface area contributed by atoms with Crippen LogP contribution in [0.3, 0.4) is 0 Å². The van der Waals surface area contributed by atoms with E-state index in [1.54, 1.807) is 47.2 Å². The van der Waals surface area contributed by atoms with Crippen molar-refractivity contribution in [1.29, 1.82) is 0 Å². The second-order valence-electron chi connectivity index (χ2n) is 6.74. The molecule has 0 spiro atoms. The fraction of sp³-hybridized carbons (Fsp3) is 0.333. The van der Waals surface area contributed by atoms with Gasteiger partial charge in [-0.05, 0) is 23.8 Å².